The first-order valence-corrected chi connectivity index (χ1v) is 4.62. The molecule has 1 unspecified atom stereocenters. The van der Waals surface area contributed by atoms with E-state index in [-0.39, 0.29) is 6.04 Å². The summed E-state index contributed by atoms with van der Waals surface area (Å²) in [5.41, 5.74) is 0. The third kappa shape index (κ3) is 3.70. The first-order valence-electron chi connectivity index (χ1n) is 4.62. The highest BCUT2D eigenvalue weighted by molar-refractivity contribution is 5.34. The molecule has 78 valence electrons. The quantitative estimate of drug-likeness (QED) is 0.743. The Hall–Kier alpha value is -1.16. The van der Waals surface area contributed by atoms with Crippen molar-refractivity contribution >= 4 is 5.82 Å². The maximum Gasteiger partial charge on any atom is 0.214 e. The van der Waals surface area contributed by atoms with E-state index >= 15 is 0 Å². The van der Waals surface area contributed by atoms with E-state index in [9.17, 15) is 4.39 Å². The van der Waals surface area contributed by atoms with Gasteiger partial charge in [0.2, 0.25) is 5.95 Å². The van der Waals surface area contributed by atoms with E-state index in [1.165, 1.54) is 6.07 Å². The average molecular weight is 197 g/mol. The molecule has 0 saturated heterocycles. The number of halogens is 1. The van der Waals surface area contributed by atoms with Gasteiger partial charge >= 0.3 is 0 Å². The molecule has 1 rings (SSSR count). The average Bonchev–Trinajstić information content (AvgIpc) is 2.01. The van der Waals surface area contributed by atoms with Crippen LogP contribution in [0.15, 0.2) is 18.2 Å². The number of aromatic nitrogens is 1. The van der Waals surface area contributed by atoms with Gasteiger partial charge in [0.05, 0.1) is 0 Å². The number of anilines is 1. The summed E-state index contributed by atoms with van der Waals surface area (Å²) >= 11 is 0. The van der Waals surface area contributed by atoms with Gasteiger partial charge in [0.1, 0.15) is 5.82 Å². The SMILES string of the molecule is CC(CN(C)C)Nc1cccc(F)n1. The molecule has 3 nitrogen and oxygen atoms in total. The van der Waals surface area contributed by atoms with Crippen molar-refractivity contribution in [1.82, 2.24) is 9.88 Å². The van der Waals surface area contributed by atoms with Gasteiger partial charge in [-0.15, -0.1) is 0 Å². The number of nitrogens with one attached hydrogen (secondary N) is 1. The number of rotatable bonds is 4. The van der Waals surface area contributed by atoms with Crippen LogP contribution in [0, 0.1) is 5.95 Å². The van der Waals surface area contributed by atoms with Crippen LogP contribution in [0.3, 0.4) is 0 Å². The molecule has 0 amide bonds. The third-order valence-electron chi connectivity index (χ3n) is 1.75. The maximum atomic E-state index is 12.7. The molecule has 0 aromatic carbocycles. The second-order valence-corrected chi connectivity index (χ2v) is 3.65. The van der Waals surface area contributed by atoms with E-state index in [1.54, 1.807) is 12.1 Å². The summed E-state index contributed by atoms with van der Waals surface area (Å²) in [5.74, 6) is 0.131. The number of nitrogens with zero attached hydrogens (tertiary/aromatic N) is 2. The van der Waals surface area contributed by atoms with Crippen LogP contribution < -0.4 is 5.32 Å². The van der Waals surface area contributed by atoms with Crippen molar-refractivity contribution in [3.05, 3.63) is 24.1 Å². The highest BCUT2D eigenvalue weighted by Gasteiger charge is 2.04. The molecule has 14 heavy (non-hydrogen) atoms. The Balaban J connectivity index is 2.51. The fourth-order valence-electron chi connectivity index (χ4n) is 1.33. The molecule has 0 bridgehead atoms. The van der Waals surface area contributed by atoms with Crippen LogP contribution in [-0.2, 0) is 0 Å². The van der Waals surface area contributed by atoms with Gasteiger partial charge in [0.15, 0.2) is 0 Å². The van der Waals surface area contributed by atoms with E-state index in [2.05, 4.69) is 15.2 Å². The van der Waals surface area contributed by atoms with Gasteiger partial charge in [0.25, 0.3) is 0 Å². The van der Waals surface area contributed by atoms with Crippen LogP contribution in [0.4, 0.5) is 10.2 Å². The Morgan fingerprint density at radius 3 is 2.79 bits per heavy atom. The minimum atomic E-state index is -0.452. The molecule has 0 aliphatic carbocycles. The van der Waals surface area contributed by atoms with Crippen LogP contribution >= 0.6 is 0 Å². The summed E-state index contributed by atoms with van der Waals surface area (Å²) in [6.07, 6.45) is 0. The Labute approximate surface area is 84.0 Å². The minimum Gasteiger partial charge on any atom is -0.366 e. The normalized spacial score (nSPS) is 12.9. The predicted octanol–water partition coefficient (Wildman–Crippen LogP) is 1.58. The van der Waals surface area contributed by atoms with Gasteiger partial charge < -0.3 is 10.2 Å². The topological polar surface area (TPSA) is 28.2 Å². The van der Waals surface area contributed by atoms with Crippen molar-refractivity contribution in [2.24, 2.45) is 0 Å². The zero-order chi connectivity index (χ0) is 10.6. The lowest BCUT2D eigenvalue weighted by Gasteiger charge is -2.18. The molecular formula is C10H16FN3. The van der Waals surface area contributed by atoms with Crippen LogP contribution in [-0.4, -0.2) is 36.6 Å². The van der Waals surface area contributed by atoms with Gasteiger partial charge in [-0.3, -0.25) is 0 Å². The number of hydrogen-bond acceptors (Lipinski definition) is 3. The van der Waals surface area contributed by atoms with E-state index in [0.29, 0.717) is 5.82 Å². The summed E-state index contributed by atoms with van der Waals surface area (Å²) in [7, 11) is 3.99. The molecule has 1 heterocycles. The molecule has 1 aromatic rings. The molecule has 0 saturated carbocycles. The Morgan fingerprint density at radius 1 is 1.50 bits per heavy atom. The number of likely N-dealkylation sites (N-methyl/N-ethyl adjacent to an activating group) is 1. The van der Waals surface area contributed by atoms with Gasteiger partial charge in [-0.05, 0) is 33.2 Å². The Kier molecular flexibility index (Phi) is 3.83. The lowest BCUT2D eigenvalue weighted by atomic mass is 10.3. The van der Waals surface area contributed by atoms with E-state index in [4.69, 9.17) is 0 Å². The van der Waals surface area contributed by atoms with E-state index in [0.717, 1.165) is 6.54 Å². The first kappa shape index (κ1) is 10.9. The smallest absolute Gasteiger partial charge is 0.214 e. The summed E-state index contributed by atoms with van der Waals surface area (Å²) in [5, 5.41) is 3.12. The largest absolute Gasteiger partial charge is 0.366 e. The van der Waals surface area contributed by atoms with Crippen LogP contribution in [0.1, 0.15) is 6.92 Å². The summed E-state index contributed by atoms with van der Waals surface area (Å²) in [6.45, 7) is 2.92. The van der Waals surface area contributed by atoms with Gasteiger partial charge in [-0.2, -0.15) is 4.39 Å². The van der Waals surface area contributed by atoms with E-state index in [1.807, 2.05) is 21.0 Å². The Morgan fingerprint density at radius 2 is 2.21 bits per heavy atom. The summed E-state index contributed by atoms with van der Waals surface area (Å²) < 4.78 is 12.7. The molecular weight excluding hydrogens is 181 g/mol. The van der Waals surface area contributed by atoms with Crippen LogP contribution in [0.5, 0.6) is 0 Å². The molecule has 4 heteroatoms. The lowest BCUT2D eigenvalue weighted by molar-refractivity contribution is 0.391. The Bertz CT molecular complexity index is 288. The zero-order valence-corrected chi connectivity index (χ0v) is 8.79. The van der Waals surface area contributed by atoms with Gasteiger partial charge in [-0.25, -0.2) is 4.98 Å². The summed E-state index contributed by atoms with van der Waals surface area (Å²) in [6, 6.07) is 4.99. The van der Waals surface area contributed by atoms with Gasteiger partial charge in [0, 0.05) is 12.6 Å². The molecule has 0 spiro atoms. The molecule has 1 atom stereocenters. The molecule has 0 radical (unpaired) electrons. The molecule has 0 aliphatic rings. The van der Waals surface area contributed by atoms with Crippen molar-refractivity contribution in [2.45, 2.75) is 13.0 Å². The van der Waals surface area contributed by atoms with Crippen molar-refractivity contribution in [3.8, 4) is 0 Å². The third-order valence-corrected chi connectivity index (χ3v) is 1.75. The van der Waals surface area contributed by atoms with Crippen molar-refractivity contribution in [2.75, 3.05) is 26.0 Å². The van der Waals surface area contributed by atoms with Crippen molar-refractivity contribution < 1.29 is 4.39 Å². The highest BCUT2D eigenvalue weighted by atomic mass is 19.1. The second kappa shape index (κ2) is 4.91. The fraction of sp³-hybridized carbons (Fsp3) is 0.500. The van der Waals surface area contributed by atoms with Crippen molar-refractivity contribution in [1.29, 1.82) is 0 Å². The minimum absolute atomic E-state index is 0.249. The molecule has 0 aliphatic heterocycles. The number of hydrogen-bond donors (Lipinski definition) is 1. The lowest BCUT2D eigenvalue weighted by Crippen LogP contribution is -2.29. The molecule has 1 aromatic heterocycles. The first-order chi connectivity index (χ1) is 6.58. The predicted molar refractivity (Wildman–Crippen MR) is 55.8 cm³/mol. The maximum absolute atomic E-state index is 12.7. The second-order valence-electron chi connectivity index (χ2n) is 3.65. The van der Waals surface area contributed by atoms with E-state index < -0.39 is 5.95 Å². The van der Waals surface area contributed by atoms with Crippen molar-refractivity contribution in [3.63, 3.8) is 0 Å². The van der Waals surface area contributed by atoms with Gasteiger partial charge in [-0.1, -0.05) is 6.07 Å². The monoisotopic (exact) mass is 197 g/mol. The fourth-order valence-corrected chi connectivity index (χ4v) is 1.33. The standard InChI is InChI=1S/C10H16FN3/c1-8(7-14(2)3)12-10-6-4-5-9(11)13-10/h4-6,8H,7H2,1-3H3,(H,12,13). The molecule has 1 N–H and O–H groups in total. The highest BCUT2D eigenvalue weighted by Crippen LogP contribution is 2.05. The molecule has 0 fully saturated rings. The zero-order valence-electron chi connectivity index (χ0n) is 8.79. The van der Waals surface area contributed by atoms with Crippen LogP contribution in [0.25, 0.3) is 0 Å². The summed E-state index contributed by atoms with van der Waals surface area (Å²) in [4.78, 5) is 5.79. The van der Waals surface area contributed by atoms with Crippen LogP contribution in [0.2, 0.25) is 0 Å². The number of pyridine rings is 1.